The minimum absolute atomic E-state index is 0. The molecule has 0 spiro atoms. The molecule has 0 N–H and O–H groups in total. The maximum absolute atomic E-state index is 8.49. The van der Waals surface area contributed by atoms with Gasteiger partial charge in [0.1, 0.15) is 0 Å². The molecule has 8 heteroatoms. The third-order valence-electron chi connectivity index (χ3n) is 2.72. The maximum Gasteiger partial charge on any atom is 1.00 e. The minimum Gasteiger partial charge on any atom is -0.265 e. The summed E-state index contributed by atoms with van der Waals surface area (Å²) < 4.78 is 34.0. The van der Waals surface area contributed by atoms with Gasteiger partial charge in [-0.05, 0) is 29.3 Å². The number of hydrogen-bond donors (Lipinski definition) is 0. The number of halogens is 1. The molecule has 2 rings (SSSR count). The van der Waals surface area contributed by atoms with Gasteiger partial charge < -0.3 is 0 Å². The Hall–Kier alpha value is -0.330. The largest absolute Gasteiger partial charge is 1.00 e. The monoisotopic (exact) mass is 555 g/mol. The topological polar surface area (TPSA) is 105 Å². The van der Waals surface area contributed by atoms with Crippen LogP contribution in [0.15, 0.2) is 60.9 Å². The van der Waals surface area contributed by atoms with Crippen molar-refractivity contribution in [3.8, 4) is 0 Å². The van der Waals surface area contributed by atoms with E-state index in [0.717, 1.165) is 0 Å². The second-order valence-electron chi connectivity index (χ2n) is 5.47. The molecule has 0 saturated heterocycles. The summed E-state index contributed by atoms with van der Waals surface area (Å²) in [7, 11) is -4.96. The molecule has 0 saturated carbocycles. The number of pyridine rings is 1. The van der Waals surface area contributed by atoms with E-state index in [1.165, 1.54) is 5.30 Å². The van der Waals surface area contributed by atoms with E-state index in [0.29, 0.717) is 5.16 Å². The van der Waals surface area contributed by atoms with Crippen LogP contribution >= 0.6 is 7.92 Å². The Morgan fingerprint density at radius 1 is 0.833 bits per heavy atom. The van der Waals surface area contributed by atoms with Crippen LogP contribution in [-0.4, -0.2) is 16.8 Å². The fourth-order valence-corrected chi connectivity index (χ4v) is 2.75. The van der Waals surface area contributed by atoms with E-state index in [4.69, 9.17) is 18.6 Å². The quantitative estimate of drug-likeness (QED) is 0.350. The van der Waals surface area contributed by atoms with E-state index in [1.807, 2.05) is 18.2 Å². The molecule has 24 heavy (non-hydrogen) atoms. The first-order valence-corrected chi connectivity index (χ1v) is 9.80. The van der Waals surface area contributed by atoms with Crippen LogP contribution in [0, 0.1) is 10.2 Å². The molecule has 5 nitrogen and oxygen atoms in total. The summed E-state index contributed by atoms with van der Waals surface area (Å²) in [5.74, 6) is 0. The molecule has 2 aromatic rings. The van der Waals surface area contributed by atoms with Crippen LogP contribution in [0.3, 0.4) is 0 Å². The maximum atomic E-state index is 8.49. The van der Waals surface area contributed by atoms with E-state index in [9.17, 15) is 0 Å². The molecule has 0 radical (unpaired) electrons. The van der Waals surface area contributed by atoms with Gasteiger partial charge in [0, 0.05) is 12.4 Å². The Morgan fingerprint density at radius 2 is 1.21 bits per heavy atom. The first-order valence-electron chi connectivity index (χ1n) is 6.77. The number of hydrogen-bond acceptors (Lipinski definition) is 5. The summed E-state index contributed by atoms with van der Waals surface area (Å²) >= 11 is 0. The van der Waals surface area contributed by atoms with Crippen LogP contribution in [0.5, 0.6) is 0 Å². The van der Waals surface area contributed by atoms with Crippen molar-refractivity contribution in [2.75, 3.05) is 6.66 Å². The number of aromatic nitrogens is 1. The smallest absolute Gasteiger partial charge is 0.265 e. The molecule has 0 amide bonds. The fraction of sp³-hybridized carbons (Fsp3) is 0.312. The SMILES string of the molecule is CP(c1ccccc1)C(C)(C)C.[Au+].[O-][Cl+3]([O-])([O-])[O-].c1ccncc1. The molecule has 0 aliphatic carbocycles. The molecular weight excluding hydrogens is 534 g/mol. The molecule has 1 aromatic carbocycles. The average molecular weight is 556 g/mol. The zero-order valence-electron chi connectivity index (χ0n) is 14.0. The molecule has 1 atom stereocenters. The summed E-state index contributed by atoms with van der Waals surface area (Å²) in [4.78, 5) is 3.78. The van der Waals surface area contributed by atoms with Gasteiger partial charge in [0.15, 0.2) is 0 Å². The van der Waals surface area contributed by atoms with Crippen molar-refractivity contribution in [3.05, 3.63) is 60.9 Å². The van der Waals surface area contributed by atoms with Crippen molar-refractivity contribution in [2.45, 2.75) is 25.9 Å². The second kappa shape index (κ2) is 13.0. The Labute approximate surface area is 162 Å². The van der Waals surface area contributed by atoms with Crippen LogP contribution in [0.4, 0.5) is 0 Å². The van der Waals surface area contributed by atoms with Crippen molar-refractivity contribution in [2.24, 2.45) is 0 Å². The normalized spacial score (nSPS) is 11.7. The van der Waals surface area contributed by atoms with Crippen LogP contribution in [-0.2, 0) is 22.4 Å². The number of nitrogens with zero attached hydrogens (tertiary/aromatic N) is 1. The van der Waals surface area contributed by atoms with Gasteiger partial charge in [-0.25, -0.2) is 18.6 Å². The Kier molecular flexibility index (Phi) is 14.0. The van der Waals surface area contributed by atoms with Gasteiger partial charge in [-0.1, -0.05) is 65.1 Å². The molecule has 0 fully saturated rings. The van der Waals surface area contributed by atoms with E-state index in [1.54, 1.807) is 12.4 Å². The van der Waals surface area contributed by atoms with Crippen molar-refractivity contribution >= 4 is 13.2 Å². The Morgan fingerprint density at radius 3 is 1.46 bits per heavy atom. The Balaban J connectivity index is 0. The molecule has 138 valence electrons. The Bertz CT molecular complexity index is 488. The van der Waals surface area contributed by atoms with Gasteiger partial charge in [-0.3, -0.25) is 4.98 Å². The van der Waals surface area contributed by atoms with E-state index in [-0.39, 0.29) is 30.3 Å². The van der Waals surface area contributed by atoms with E-state index >= 15 is 0 Å². The molecule has 1 unspecified atom stereocenters. The standard InChI is InChI=1S/C11H17P.C5H5N.Au.ClHO4/c1-11(2,3)12(4)10-8-6-5-7-9-10;1-2-4-6-5-3-1;;2-1(3,4)5/h5-9H,1-4H3;1-5H;;(H,2,3,4,5)/q;;+1;/p-1. The van der Waals surface area contributed by atoms with Crippen LogP contribution < -0.4 is 23.9 Å². The van der Waals surface area contributed by atoms with Crippen LogP contribution in [0.25, 0.3) is 0 Å². The molecule has 1 aromatic heterocycles. The summed E-state index contributed by atoms with van der Waals surface area (Å²) in [6.07, 6.45) is 3.50. The van der Waals surface area contributed by atoms with Gasteiger partial charge >= 0.3 is 22.4 Å². The van der Waals surface area contributed by atoms with E-state index in [2.05, 4.69) is 62.8 Å². The molecular formula is C16H22AuClNO4P. The van der Waals surface area contributed by atoms with Gasteiger partial charge in [-0.15, -0.1) is 10.2 Å². The van der Waals surface area contributed by atoms with Crippen molar-refractivity contribution in [1.29, 1.82) is 0 Å². The van der Waals surface area contributed by atoms with Gasteiger partial charge in [0.05, 0.1) is 0 Å². The molecule has 0 aliphatic rings. The summed E-state index contributed by atoms with van der Waals surface area (Å²) in [5, 5.41) is 1.93. The zero-order chi connectivity index (χ0) is 17.9. The predicted molar refractivity (Wildman–Crippen MR) is 82.9 cm³/mol. The average Bonchev–Trinajstić information content (AvgIpc) is 2.47. The van der Waals surface area contributed by atoms with Gasteiger partial charge in [-0.2, -0.15) is 0 Å². The van der Waals surface area contributed by atoms with Crippen molar-refractivity contribution in [3.63, 3.8) is 0 Å². The van der Waals surface area contributed by atoms with Crippen LogP contribution in [0.2, 0.25) is 0 Å². The summed E-state index contributed by atoms with van der Waals surface area (Å²) in [5.41, 5.74) is 0. The summed E-state index contributed by atoms with van der Waals surface area (Å²) in [6.45, 7) is 9.29. The third kappa shape index (κ3) is 16.5. The minimum atomic E-state index is -4.94. The second-order valence-corrected chi connectivity index (χ2v) is 9.20. The van der Waals surface area contributed by atoms with Crippen molar-refractivity contribution < 1.29 is 51.3 Å². The zero-order valence-corrected chi connectivity index (χ0v) is 17.8. The van der Waals surface area contributed by atoms with Gasteiger partial charge in [0.2, 0.25) is 0 Å². The molecule has 0 aliphatic heterocycles. The molecule has 0 bridgehead atoms. The van der Waals surface area contributed by atoms with E-state index < -0.39 is 10.2 Å². The predicted octanol–water partition coefficient (Wildman–Crippen LogP) is -0.455. The first kappa shape index (κ1) is 25.9. The fourth-order valence-electron chi connectivity index (χ4n) is 1.35. The van der Waals surface area contributed by atoms with Crippen molar-refractivity contribution in [1.82, 2.24) is 4.98 Å². The van der Waals surface area contributed by atoms with Crippen LogP contribution in [0.1, 0.15) is 20.8 Å². The van der Waals surface area contributed by atoms with Gasteiger partial charge in [0.25, 0.3) is 0 Å². The first-order chi connectivity index (χ1) is 10.5. The number of rotatable bonds is 1. The summed E-state index contributed by atoms with van der Waals surface area (Å²) in [6, 6.07) is 16.5. The molecule has 1 heterocycles. The number of benzene rings is 1. The third-order valence-corrected chi connectivity index (χ3v) is 5.80.